The van der Waals surface area contributed by atoms with Crippen LogP contribution in [-0.4, -0.2) is 38.3 Å². The number of fused-ring (bicyclic) bond motifs is 1. The van der Waals surface area contributed by atoms with E-state index in [9.17, 15) is 0 Å². The minimum atomic E-state index is 0.233. The number of ether oxygens (including phenoxy) is 2. The number of hydrogen-bond donors (Lipinski definition) is 1. The number of rotatable bonds is 5. The average molecular weight is 278 g/mol. The molecule has 0 fully saturated rings. The maximum atomic E-state index is 6.18. The smallest absolute Gasteiger partial charge is 0.161 e. The predicted octanol–water partition coefficient (Wildman–Crippen LogP) is 2.05. The third-order valence-corrected chi connectivity index (χ3v) is 4.12. The normalized spacial score (nSPS) is 16.9. The Kier molecular flexibility index (Phi) is 4.89. The van der Waals surface area contributed by atoms with E-state index in [1.807, 2.05) is 0 Å². The summed E-state index contributed by atoms with van der Waals surface area (Å²) in [5.41, 5.74) is 8.86. The van der Waals surface area contributed by atoms with Gasteiger partial charge in [0.05, 0.1) is 14.2 Å². The van der Waals surface area contributed by atoms with Gasteiger partial charge in [-0.05, 0) is 35.6 Å². The average Bonchev–Trinajstić information content (AvgIpc) is 2.45. The first-order valence-corrected chi connectivity index (χ1v) is 7.26. The van der Waals surface area contributed by atoms with E-state index in [0.29, 0.717) is 5.92 Å². The summed E-state index contributed by atoms with van der Waals surface area (Å²) in [7, 11) is 3.36. The van der Waals surface area contributed by atoms with Crippen LogP contribution in [-0.2, 0) is 13.0 Å². The zero-order chi connectivity index (χ0) is 14.7. The van der Waals surface area contributed by atoms with Gasteiger partial charge < -0.3 is 15.2 Å². The van der Waals surface area contributed by atoms with Gasteiger partial charge in [-0.25, -0.2) is 0 Å². The highest BCUT2D eigenvalue weighted by Gasteiger charge is 2.21. The van der Waals surface area contributed by atoms with Crippen LogP contribution in [0.3, 0.4) is 0 Å². The van der Waals surface area contributed by atoms with Crippen molar-refractivity contribution in [3.63, 3.8) is 0 Å². The first kappa shape index (κ1) is 15.1. The molecule has 0 amide bonds. The van der Waals surface area contributed by atoms with E-state index in [-0.39, 0.29) is 6.04 Å². The van der Waals surface area contributed by atoms with Crippen molar-refractivity contribution in [2.45, 2.75) is 32.9 Å². The predicted molar refractivity (Wildman–Crippen MR) is 81.3 cm³/mol. The molecule has 0 bridgehead atoms. The van der Waals surface area contributed by atoms with Crippen molar-refractivity contribution < 1.29 is 9.47 Å². The van der Waals surface area contributed by atoms with Crippen molar-refractivity contribution >= 4 is 0 Å². The molecule has 0 radical (unpaired) electrons. The van der Waals surface area contributed by atoms with Gasteiger partial charge >= 0.3 is 0 Å². The lowest BCUT2D eigenvalue weighted by Crippen LogP contribution is -2.42. The van der Waals surface area contributed by atoms with Crippen molar-refractivity contribution in [1.82, 2.24) is 4.90 Å². The second kappa shape index (κ2) is 6.46. The molecule has 1 unspecified atom stereocenters. The van der Waals surface area contributed by atoms with E-state index in [2.05, 4.69) is 30.9 Å². The molecule has 2 rings (SSSR count). The first-order valence-electron chi connectivity index (χ1n) is 7.26. The Balaban J connectivity index is 2.13. The maximum Gasteiger partial charge on any atom is 0.161 e. The van der Waals surface area contributed by atoms with Crippen LogP contribution in [0.1, 0.15) is 25.0 Å². The van der Waals surface area contributed by atoms with Crippen LogP contribution in [0.5, 0.6) is 11.5 Å². The summed E-state index contributed by atoms with van der Waals surface area (Å²) in [5, 5.41) is 0. The van der Waals surface area contributed by atoms with Crippen LogP contribution in [0, 0.1) is 5.92 Å². The molecule has 20 heavy (non-hydrogen) atoms. The summed E-state index contributed by atoms with van der Waals surface area (Å²) in [6, 6.07) is 4.44. The molecule has 2 N–H and O–H groups in total. The molecule has 4 nitrogen and oxygen atoms in total. The quantitative estimate of drug-likeness (QED) is 0.895. The van der Waals surface area contributed by atoms with E-state index < -0.39 is 0 Å². The lowest BCUT2D eigenvalue weighted by atomic mass is 9.97. The lowest BCUT2D eigenvalue weighted by molar-refractivity contribution is 0.220. The number of benzene rings is 1. The molecule has 1 aliphatic heterocycles. The van der Waals surface area contributed by atoms with Gasteiger partial charge in [-0.1, -0.05) is 13.8 Å². The Morgan fingerprint density at radius 3 is 2.30 bits per heavy atom. The zero-order valence-corrected chi connectivity index (χ0v) is 13.0. The summed E-state index contributed by atoms with van der Waals surface area (Å²) in [6.07, 6.45) is 1.04. The zero-order valence-electron chi connectivity index (χ0n) is 13.0. The fourth-order valence-corrected chi connectivity index (χ4v) is 2.61. The van der Waals surface area contributed by atoms with Gasteiger partial charge in [-0.15, -0.1) is 0 Å². The highest BCUT2D eigenvalue weighted by molar-refractivity contribution is 5.48. The topological polar surface area (TPSA) is 47.7 Å². The van der Waals surface area contributed by atoms with Crippen molar-refractivity contribution in [1.29, 1.82) is 0 Å². The second-order valence-electron chi connectivity index (χ2n) is 5.87. The molecule has 0 aromatic heterocycles. The second-order valence-corrected chi connectivity index (χ2v) is 5.87. The minimum absolute atomic E-state index is 0.233. The minimum Gasteiger partial charge on any atom is -0.493 e. The van der Waals surface area contributed by atoms with Gasteiger partial charge in [-0.3, -0.25) is 4.90 Å². The van der Waals surface area contributed by atoms with Crippen LogP contribution in [0.4, 0.5) is 0 Å². The monoisotopic (exact) mass is 278 g/mol. The first-order chi connectivity index (χ1) is 9.55. The standard InChI is InChI=1S/C16H26N2O2/c1-11(2)14(17)10-18-6-5-12-7-15(19-3)16(20-4)8-13(12)9-18/h7-8,11,14H,5-6,9-10,17H2,1-4H3. The van der Waals surface area contributed by atoms with Crippen LogP contribution < -0.4 is 15.2 Å². The Morgan fingerprint density at radius 2 is 1.75 bits per heavy atom. The molecule has 1 heterocycles. The summed E-state index contributed by atoms with van der Waals surface area (Å²) >= 11 is 0. The Labute approximate surface area is 121 Å². The summed E-state index contributed by atoms with van der Waals surface area (Å²) in [6.45, 7) is 7.30. The van der Waals surface area contributed by atoms with Crippen LogP contribution in [0.2, 0.25) is 0 Å². The van der Waals surface area contributed by atoms with Crippen LogP contribution in [0.25, 0.3) is 0 Å². The van der Waals surface area contributed by atoms with E-state index in [0.717, 1.165) is 37.6 Å². The highest BCUT2D eigenvalue weighted by atomic mass is 16.5. The molecule has 4 heteroatoms. The summed E-state index contributed by atoms with van der Waals surface area (Å²) in [4.78, 5) is 2.43. The van der Waals surface area contributed by atoms with Crippen molar-refractivity contribution in [2.24, 2.45) is 11.7 Å². The number of hydrogen-bond acceptors (Lipinski definition) is 4. The maximum absolute atomic E-state index is 6.18. The largest absolute Gasteiger partial charge is 0.493 e. The van der Waals surface area contributed by atoms with E-state index in [1.54, 1.807) is 14.2 Å². The van der Waals surface area contributed by atoms with E-state index in [1.165, 1.54) is 11.1 Å². The fraction of sp³-hybridized carbons (Fsp3) is 0.625. The number of nitrogens with zero attached hydrogens (tertiary/aromatic N) is 1. The van der Waals surface area contributed by atoms with Gasteiger partial charge in [-0.2, -0.15) is 0 Å². The van der Waals surface area contributed by atoms with Crippen molar-refractivity contribution in [3.05, 3.63) is 23.3 Å². The molecular formula is C16H26N2O2. The Morgan fingerprint density at radius 1 is 1.15 bits per heavy atom. The molecular weight excluding hydrogens is 252 g/mol. The van der Waals surface area contributed by atoms with E-state index in [4.69, 9.17) is 15.2 Å². The number of nitrogens with two attached hydrogens (primary N) is 1. The molecule has 1 atom stereocenters. The highest BCUT2D eigenvalue weighted by Crippen LogP contribution is 2.33. The third-order valence-electron chi connectivity index (χ3n) is 4.12. The van der Waals surface area contributed by atoms with Gasteiger partial charge in [0.15, 0.2) is 11.5 Å². The van der Waals surface area contributed by atoms with Crippen LogP contribution in [0.15, 0.2) is 12.1 Å². The Bertz CT molecular complexity index is 460. The molecule has 0 saturated carbocycles. The molecule has 0 spiro atoms. The van der Waals surface area contributed by atoms with E-state index >= 15 is 0 Å². The van der Waals surface area contributed by atoms with Crippen molar-refractivity contribution in [3.8, 4) is 11.5 Å². The molecule has 1 aromatic carbocycles. The fourth-order valence-electron chi connectivity index (χ4n) is 2.61. The summed E-state index contributed by atoms with van der Waals surface area (Å²) in [5.74, 6) is 2.14. The summed E-state index contributed by atoms with van der Waals surface area (Å²) < 4.78 is 10.8. The SMILES string of the molecule is COc1cc2c(cc1OC)CN(CC(N)C(C)C)CC2. The molecule has 0 saturated heterocycles. The third kappa shape index (κ3) is 3.25. The number of methoxy groups -OCH3 is 2. The van der Waals surface area contributed by atoms with Crippen molar-refractivity contribution in [2.75, 3.05) is 27.3 Å². The molecule has 112 valence electrons. The molecule has 1 aromatic rings. The van der Waals surface area contributed by atoms with Crippen LogP contribution >= 0.6 is 0 Å². The van der Waals surface area contributed by atoms with Gasteiger partial charge in [0.1, 0.15) is 0 Å². The van der Waals surface area contributed by atoms with Gasteiger partial charge in [0.25, 0.3) is 0 Å². The lowest BCUT2D eigenvalue weighted by Gasteiger charge is -2.32. The Hall–Kier alpha value is -1.26. The van der Waals surface area contributed by atoms with Gasteiger partial charge in [0.2, 0.25) is 0 Å². The molecule has 1 aliphatic rings. The van der Waals surface area contributed by atoms with Gasteiger partial charge in [0, 0.05) is 25.7 Å². The molecule has 0 aliphatic carbocycles.